The lowest BCUT2D eigenvalue weighted by molar-refractivity contribution is -0.137. The molecule has 3 heterocycles. The van der Waals surface area contributed by atoms with Gasteiger partial charge in [-0.15, -0.1) is 11.3 Å². The number of hydrogen-bond acceptors (Lipinski definition) is 7. The molecule has 2 aromatic heterocycles. The number of nitrogens with zero attached hydrogens (tertiary/aromatic N) is 5. The van der Waals surface area contributed by atoms with Crippen LogP contribution in [0.15, 0.2) is 22.0 Å². The van der Waals surface area contributed by atoms with Crippen LogP contribution in [0, 0.1) is 5.92 Å². The third-order valence-corrected chi connectivity index (χ3v) is 7.63. The van der Waals surface area contributed by atoms with E-state index in [-0.39, 0.29) is 18.4 Å². The van der Waals surface area contributed by atoms with Gasteiger partial charge in [-0.05, 0) is 31.2 Å². The van der Waals surface area contributed by atoms with E-state index in [1.165, 1.54) is 34.0 Å². The van der Waals surface area contributed by atoms with Gasteiger partial charge in [-0.25, -0.2) is 0 Å². The molecule has 0 saturated carbocycles. The highest BCUT2D eigenvalue weighted by Gasteiger charge is 2.34. The summed E-state index contributed by atoms with van der Waals surface area (Å²) in [6.45, 7) is 3.37. The third kappa shape index (κ3) is 4.43. The second-order valence-corrected chi connectivity index (χ2v) is 9.89. The molecule has 28 heavy (non-hydrogen) atoms. The first kappa shape index (κ1) is 20.9. The predicted molar refractivity (Wildman–Crippen MR) is 106 cm³/mol. The molecule has 0 bridgehead atoms. The van der Waals surface area contributed by atoms with Crippen LogP contribution in [0.4, 0.5) is 0 Å². The zero-order valence-electron chi connectivity index (χ0n) is 16.2. The summed E-state index contributed by atoms with van der Waals surface area (Å²) in [5.74, 6) is 0.718. The van der Waals surface area contributed by atoms with Crippen molar-refractivity contribution in [1.82, 2.24) is 23.7 Å². The van der Waals surface area contributed by atoms with E-state index in [4.69, 9.17) is 4.52 Å². The van der Waals surface area contributed by atoms with Crippen LogP contribution >= 0.6 is 11.3 Å². The molecule has 9 nitrogen and oxygen atoms in total. The van der Waals surface area contributed by atoms with Gasteiger partial charge in [-0.3, -0.25) is 4.79 Å². The largest absolute Gasteiger partial charge is 0.337 e. The highest BCUT2D eigenvalue weighted by Crippen LogP contribution is 2.24. The van der Waals surface area contributed by atoms with E-state index in [0.29, 0.717) is 44.2 Å². The maximum Gasteiger partial charge on any atom is 0.281 e. The minimum atomic E-state index is -3.43. The van der Waals surface area contributed by atoms with Crippen molar-refractivity contribution in [3.63, 3.8) is 0 Å². The van der Waals surface area contributed by atoms with Gasteiger partial charge in [0.25, 0.3) is 10.2 Å². The van der Waals surface area contributed by atoms with Crippen molar-refractivity contribution in [2.45, 2.75) is 26.3 Å². The Hall–Kier alpha value is -1.82. The Kier molecular flexibility index (Phi) is 6.48. The number of thiophene rings is 1. The summed E-state index contributed by atoms with van der Waals surface area (Å²) in [6, 6.07) is 3.83. The van der Waals surface area contributed by atoms with E-state index in [1.807, 2.05) is 24.4 Å². The van der Waals surface area contributed by atoms with Gasteiger partial charge in [-0.1, -0.05) is 11.2 Å². The van der Waals surface area contributed by atoms with Gasteiger partial charge in [0, 0.05) is 39.6 Å². The zero-order valence-corrected chi connectivity index (χ0v) is 17.9. The lowest BCUT2D eigenvalue weighted by Crippen LogP contribution is -2.47. The van der Waals surface area contributed by atoms with Crippen molar-refractivity contribution < 1.29 is 17.7 Å². The Bertz CT molecular complexity index is 887. The Morgan fingerprint density at radius 2 is 2.07 bits per heavy atom. The molecule has 1 fully saturated rings. The van der Waals surface area contributed by atoms with Crippen LogP contribution in [0.1, 0.15) is 25.7 Å². The number of hydrogen-bond donors (Lipinski definition) is 0. The fourth-order valence-electron chi connectivity index (χ4n) is 3.16. The molecule has 0 spiro atoms. The Balaban J connectivity index is 1.60. The van der Waals surface area contributed by atoms with E-state index in [9.17, 15) is 13.2 Å². The van der Waals surface area contributed by atoms with Gasteiger partial charge >= 0.3 is 0 Å². The summed E-state index contributed by atoms with van der Waals surface area (Å²) < 4.78 is 32.4. The summed E-state index contributed by atoms with van der Waals surface area (Å²) in [6.07, 6.45) is 1.01. The molecular formula is C17H25N5O4S2. The fraction of sp³-hybridized carbons (Fsp3) is 0.588. The summed E-state index contributed by atoms with van der Waals surface area (Å²) in [5.41, 5.74) is 0. The van der Waals surface area contributed by atoms with Crippen molar-refractivity contribution in [2.75, 3.05) is 33.7 Å². The molecule has 1 amide bonds. The van der Waals surface area contributed by atoms with Gasteiger partial charge < -0.3 is 9.42 Å². The summed E-state index contributed by atoms with van der Waals surface area (Å²) in [7, 11) is -0.405. The van der Waals surface area contributed by atoms with Crippen LogP contribution in [-0.2, 0) is 21.5 Å². The molecule has 1 aliphatic heterocycles. The summed E-state index contributed by atoms with van der Waals surface area (Å²) in [4.78, 5) is 19.9. The first-order chi connectivity index (χ1) is 13.3. The van der Waals surface area contributed by atoms with E-state index >= 15 is 0 Å². The number of carbonyl (C=O) groups excluding carboxylic acids is 1. The lowest BCUT2D eigenvalue weighted by atomic mass is 9.96. The summed E-state index contributed by atoms with van der Waals surface area (Å²) in [5, 5.41) is 5.92. The second kappa shape index (κ2) is 8.68. The van der Waals surface area contributed by atoms with Crippen molar-refractivity contribution >= 4 is 27.5 Å². The number of carbonyl (C=O) groups is 1. The minimum Gasteiger partial charge on any atom is -0.337 e. The van der Waals surface area contributed by atoms with Gasteiger partial charge in [0.05, 0.1) is 11.4 Å². The number of rotatable bonds is 7. The highest BCUT2D eigenvalue weighted by atomic mass is 32.2. The second-order valence-electron chi connectivity index (χ2n) is 6.80. The van der Waals surface area contributed by atoms with Crippen LogP contribution in [0.5, 0.6) is 0 Å². The van der Waals surface area contributed by atoms with Gasteiger partial charge in [-0.2, -0.15) is 22.0 Å². The zero-order chi connectivity index (χ0) is 20.3. The molecule has 0 aliphatic carbocycles. The third-order valence-electron chi connectivity index (χ3n) is 4.82. The minimum absolute atomic E-state index is 0.000254. The molecule has 0 aromatic carbocycles. The highest BCUT2D eigenvalue weighted by molar-refractivity contribution is 7.86. The first-order valence-electron chi connectivity index (χ1n) is 9.15. The maximum atomic E-state index is 12.9. The molecule has 154 valence electrons. The summed E-state index contributed by atoms with van der Waals surface area (Å²) >= 11 is 1.52. The van der Waals surface area contributed by atoms with Crippen LogP contribution in [-0.4, -0.2) is 71.7 Å². The molecule has 1 saturated heterocycles. The van der Waals surface area contributed by atoms with Gasteiger partial charge in [0.1, 0.15) is 0 Å². The normalized spacial score (nSPS) is 16.6. The number of aromatic nitrogens is 2. The van der Waals surface area contributed by atoms with E-state index in [2.05, 4.69) is 10.1 Å². The maximum absolute atomic E-state index is 12.9. The van der Waals surface area contributed by atoms with Gasteiger partial charge in [0.15, 0.2) is 0 Å². The lowest BCUT2D eigenvalue weighted by Gasteiger charge is -2.34. The van der Waals surface area contributed by atoms with Crippen LogP contribution in [0.2, 0.25) is 0 Å². The van der Waals surface area contributed by atoms with Crippen LogP contribution < -0.4 is 0 Å². The monoisotopic (exact) mass is 427 g/mol. The smallest absolute Gasteiger partial charge is 0.281 e. The average Bonchev–Trinajstić information content (AvgIpc) is 3.37. The molecule has 3 rings (SSSR count). The van der Waals surface area contributed by atoms with E-state index in [0.717, 1.165) is 4.88 Å². The fourth-order valence-corrected chi connectivity index (χ4v) is 4.94. The Labute approximate surface area is 169 Å². The van der Waals surface area contributed by atoms with Crippen molar-refractivity contribution in [1.29, 1.82) is 0 Å². The topological polar surface area (TPSA) is 99.9 Å². The van der Waals surface area contributed by atoms with Crippen molar-refractivity contribution in [2.24, 2.45) is 5.92 Å². The molecular weight excluding hydrogens is 402 g/mol. The molecule has 0 unspecified atom stereocenters. The van der Waals surface area contributed by atoms with Crippen molar-refractivity contribution in [3.05, 3.63) is 23.4 Å². The van der Waals surface area contributed by atoms with E-state index in [1.54, 1.807) is 4.90 Å². The number of amides is 1. The SMILES string of the molecule is CCN(Cc1nc(-c2cccs2)no1)C(=O)C1CCN(S(=O)(=O)N(C)C)CC1. The molecule has 0 N–H and O–H groups in total. The van der Waals surface area contributed by atoms with Crippen molar-refractivity contribution in [3.8, 4) is 10.7 Å². The number of piperidine rings is 1. The van der Waals surface area contributed by atoms with Gasteiger partial charge in [0.2, 0.25) is 17.6 Å². The molecule has 11 heteroatoms. The quantitative estimate of drug-likeness (QED) is 0.666. The Morgan fingerprint density at radius 3 is 2.64 bits per heavy atom. The van der Waals surface area contributed by atoms with Crippen LogP contribution in [0.3, 0.4) is 0 Å². The standard InChI is InChI=1S/C17H25N5O4S2/c1-4-21(12-15-18-16(19-26-15)14-6-5-11-27-14)17(23)13-7-9-22(10-8-13)28(24,25)20(2)3/h5-6,11,13H,4,7-10,12H2,1-3H3. The molecule has 2 aromatic rings. The molecule has 0 atom stereocenters. The molecule has 0 radical (unpaired) electrons. The average molecular weight is 428 g/mol. The van der Waals surface area contributed by atoms with Crippen LogP contribution in [0.25, 0.3) is 10.7 Å². The van der Waals surface area contributed by atoms with E-state index < -0.39 is 10.2 Å². The molecule has 1 aliphatic rings. The predicted octanol–water partition coefficient (Wildman–Crippen LogP) is 1.67. The first-order valence-corrected chi connectivity index (χ1v) is 11.4. The Morgan fingerprint density at radius 1 is 1.36 bits per heavy atom.